The highest BCUT2D eigenvalue weighted by Gasteiger charge is 2.47. The molecular formula is C67H44N2O. The second-order valence-corrected chi connectivity index (χ2v) is 17.5. The van der Waals surface area contributed by atoms with E-state index in [4.69, 9.17) is 12.6 Å². The maximum absolute atomic E-state index is 9.82. The Morgan fingerprint density at radius 3 is 1.80 bits per heavy atom. The average Bonchev–Trinajstić information content (AvgIpc) is 1.76. The quantitative estimate of drug-likeness (QED) is 0.151. The lowest BCUT2D eigenvalue weighted by atomic mass is 9.68. The fourth-order valence-corrected chi connectivity index (χ4v) is 10.9. The van der Waals surface area contributed by atoms with Crippen molar-refractivity contribution in [1.82, 2.24) is 4.57 Å². The van der Waals surface area contributed by atoms with E-state index in [1.54, 1.807) is 12.1 Å². The number of fused-ring (bicyclic) bond motifs is 9. The Balaban J connectivity index is 1.04. The summed E-state index contributed by atoms with van der Waals surface area (Å²) in [6.45, 7) is 0. The molecule has 14 rings (SSSR count). The van der Waals surface area contributed by atoms with E-state index in [1.807, 2.05) is 77.4 Å². The maximum atomic E-state index is 9.82. The van der Waals surface area contributed by atoms with E-state index in [1.165, 1.54) is 12.1 Å². The minimum Gasteiger partial charge on any atom is -0.455 e. The van der Waals surface area contributed by atoms with Crippen LogP contribution in [0, 0.1) is 0 Å². The molecule has 70 heavy (non-hydrogen) atoms. The van der Waals surface area contributed by atoms with Crippen LogP contribution in [0.3, 0.4) is 0 Å². The molecule has 0 unspecified atom stereocenters. The summed E-state index contributed by atoms with van der Waals surface area (Å²) in [7, 11) is 0. The normalized spacial score (nSPS) is 15.1. The van der Waals surface area contributed by atoms with E-state index < -0.39 is 77.9 Å². The lowest BCUT2D eigenvalue weighted by Gasteiger charge is -2.34. The molecule has 0 bridgehead atoms. The van der Waals surface area contributed by atoms with Gasteiger partial charge in [-0.25, -0.2) is 0 Å². The molecule has 2 heterocycles. The Labute approximate surface area is 423 Å². The molecule has 0 fully saturated rings. The number of nitrogens with zero attached hydrogens (tertiary/aromatic N) is 2. The lowest BCUT2D eigenvalue weighted by molar-refractivity contribution is 0.670. The number of rotatable bonds is 8. The van der Waals surface area contributed by atoms with Gasteiger partial charge in [0.1, 0.15) is 11.2 Å². The van der Waals surface area contributed by atoms with Crippen molar-refractivity contribution < 1.29 is 20.9 Å². The van der Waals surface area contributed by atoms with Gasteiger partial charge in [-0.1, -0.05) is 212 Å². The van der Waals surface area contributed by atoms with Crippen LogP contribution in [0.25, 0.3) is 82.8 Å². The number of anilines is 3. The summed E-state index contributed by atoms with van der Waals surface area (Å²) >= 11 is 0. The fraction of sp³-hybridized carbons (Fsp3) is 0.0149. The first kappa shape index (κ1) is 29.6. The van der Waals surface area contributed by atoms with Crippen LogP contribution in [-0.4, -0.2) is 4.57 Å². The number of benzene rings is 11. The second kappa shape index (κ2) is 16.0. The van der Waals surface area contributed by atoms with Crippen LogP contribution < -0.4 is 4.90 Å². The Morgan fingerprint density at radius 1 is 0.400 bits per heavy atom. The van der Waals surface area contributed by atoms with Crippen LogP contribution in [-0.2, 0) is 5.41 Å². The standard InChI is InChI=1S/C67H44N2O/c1-4-18-45(19-5-1)46-34-38-50(39-35-46)68(51-40-36-47(37-41-51)53-27-16-28-57-56-25-12-15-33-64(56)70-66(53)57)52-42-43-55-54-24-11-14-31-61(54)69(63(55)44-52)62-32-17-30-60-65(62)58-26-10-13-29-59(58)67(60,48-20-6-2-7-21-48)49-22-8-3-9-23-49/h1-44H/i2D,3D,6D,7D,8D,9D,10D,13D,20D,22D,26D,29D. The lowest BCUT2D eigenvalue weighted by Crippen LogP contribution is -2.28. The summed E-state index contributed by atoms with van der Waals surface area (Å²) in [4.78, 5) is 2.18. The molecule has 1 aliphatic carbocycles. The van der Waals surface area contributed by atoms with Gasteiger partial charge in [-0.3, -0.25) is 0 Å². The molecule has 328 valence electrons. The van der Waals surface area contributed by atoms with Gasteiger partial charge in [-0.15, -0.1) is 0 Å². The molecule has 2 aromatic heterocycles. The van der Waals surface area contributed by atoms with Gasteiger partial charge in [0, 0.05) is 49.7 Å². The molecular weight excluding hydrogens is 849 g/mol. The number of aromatic nitrogens is 1. The molecule has 13 aromatic rings. The van der Waals surface area contributed by atoms with Crippen molar-refractivity contribution in [3.63, 3.8) is 0 Å². The van der Waals surface area contributed by atoms with E-state index in [9.17, 15) is 8.22 Å². The summed E-state index contributed by atoms with van der Waals surface area (Å²) in [5, 5.41) is 3.81. The Morgan fingerprint density at radius 2 is 1.01 bits per heavy atom. The molecule has 3 nitrogen and oxygen atoms in total. The SMILES string of the molecule is [2H]c1cc(C2(c3cc([2H])c([2H])c([2H])c3[2H])c3cccc(-n4c5ccccc5c5ccc(N(c6ccc(-c7ccccc7)cc6)c6ccc(-c7cccc8c7oc7ccccc78)cc6)cc54)c3-c3c([2H])c([2H])c([2H])c([2H])c32)c([2H])c([2H])c1[2H]. The van der Waals surface area contributed by atoms with E-state index in [-0.39, 0.29) is 27.8 Å². The maximum Gasteiger partial charge on any atom is 0.143 e. The summed E-state index contributed by atoms with van der Waals surface area (Å²) in [6.07, 6.45) is 0. The topological polar surface area (TPSA) is 21.3 Å². The first-order valence-corrected chi connectivity index (χ1v) is 23.1. The smallest absolute Gasteiger partial charge is 0.143 e. The van der Waals surface area contributed by atoms with Crippen LogP contribution >= 0.6 is 0 Å². The fourth-order valence-electron chi connectivity index (χ4n) is 10.9. The molecule has 3 heteroatoms. The molecule has 0 aliphatic heterocycles. The molecule has 11 aromatic carbocycles. The summed E-state index contributed by atoms with van der Waals surface area (Å²) in [5.41, 5.74) is 8.05. The third kappa shape index (κ3) is 6.01. The third-order valence-corrected chi connectivity index (χ3v) is 13.9. The highest BCUT2D eigenvalue weighted by molar-refractivity contribution is 6.12. The zero-order chi connectivity index (χ0) is 56.6. The molecule has 0 saturated carbocycles. The van der Waals surface area contributed by atoms with Crippen molar-refractivity contribution in [3.05, 3.63) is 289 Å². The van der Waals surface area contributed by atoms with Gasteiger partial charge in [-0.2, -0.15) is 0 Å². The molecule has 0 spiro atoms. The largest absolute Gasteiger partial charge is 0.455 e. The number of hydrogen-bond acceptors (Lipinski definition) is 2. The average molecular weight is 905 g/mol. The first-order valence-electron chi connectivity index (χ1n) is 29.1. The predicted octanol–water partition coefficient (Wildman–Crippen LogP) is 17.8. The van der Waals surface area contributed by atoms with Gasteiger partial charge in [0.25, 0.3) is 0 Å². The number of furan rings is 1. The second-order valence-electron chi connectivity index (χ2n) is 17.5. The molecule has 0 radical (unpaired) electrons. The van der Waals surface area contributed by atoms with Crippen molar-refractivity contribution in [2.45, 2.75) is 5.41 Å². The van der Waals surface area contributed by atoms with Gasteiger partial charge < -0.3 is 13.9 Å². The van der Waals surface area contributed by atoms with Gasteiger partial charge in [0.05, 0.1) is 38.6 Å². The number of para-hydroxylation sites is 3. The van der Waals surface area contributed by atoms with E-state index in [0.29, 0.717) is 16.8 Å². The van der Waals surface area contributed by atoms with Crippen molar-refractivity contribution in [1.29, 1.82) is 0 Å². The highest BCUT2D eigenvalue weighted by Crippen LogP contribution is 2.58. The Kier molecular flexibility index (Phi) is 6.74. The molecule has 0 amide bonds. The van der Waals surface area contributed by atoms with Gasteiger partial charge in [0.15, 0.2) is 0 Å². The summed E-state index contributed by atoms with van der Waals surface area (Å²) in [5.74, 6) is 0. The molecule has 0 N–H and O–H groups in total. The van der Waals surface area contributed by atoms with Crippen molar-refractivity contribution in [2.75, 3.05) is 4.90 Å². The third-order valence-electron chi connectivity index (χ3n) is 13.9. The van der Waals surface area contributed by atoms with Crippen LogP contribution in [0.1, 0.15) is 38.7 Å². The van der Waals surface area contributed by atoms with Crippen LogP contribution in [0.15, 0.2) is 271 Å². The van der Waals surface area contributed by atoms with E-state index in [2.05, 4.69) is 102 Å². The van der Waals surface area contributed by atoms with Crippen molar-refractivity contribution in [3.8, 4) is 39.1 Å². The summed E-state index contributed by atoms with van der Waals surface area (Å²) in [6, 6.07) is 56.5. The van der Waals surface area contributed by atoms with Gasteiger partial charge >= 0.3 is 0 Å². The minimum atomic E-state index is -2.15. The van der Waals surface area contributed by atoms with Gasteiger partial charge in [0.2, 0.25) is 0 Å². The van der Waals surface area contributed by atoms with Gasteiger partial charge in [-0.05, 0) is 99.1 Å². The monoisotopic (exact) mass is 904 g/mol. The zero-order valence-electron chi connectivity index (χ0n) is 49.3. The van der Waals surface area contributed by atoms with E-state index >= 15 is 0 Å². The van der Waals surface area contributed by atoms with Crippen LogP contribution in [0.5, 0.6) is 0 Å². The molecule has 0 saturated heterocycles. The minimum absolute atomic E-state index is 0.0251. The highest BCUT2D eigenvalue weighted by atomic mass is 16.3. The Bertz CT molecular complexity index is 4780. The van der Waals surface area contributed by atoms with Crippen LogP contribution in [0.2, 0.25) is 0 Å². The predicted molar refractivity (Wildman–Crippen MR) is 291 cm³/mol. The molecule has 0 atom stereocenters. The first-order chi connectivity index (χ1) is 39.7. The number of hydrogen-bond donors (Lipinski definition) is 0. The Hall–Kier alpha value is -9.18. The van der Waals surface area contributed by atoms with Crippen LogP contribution in [0.4, 0.5) is 17.1 Å². The summed E-state index contributed by atoms with van der Waals surface area (Å²) < 4.78 is 119. The van der Waals surface area contributed by atoms with Crippen molar-refractivity contribution >= 4 is 60.8 Å². The van der Waals surface area contributed by atoms with Crippen molar-refractivity contribution in [2.24, 2.45) is 0 Å². The van der Waals surface area contributed by atoms with E-state index in [0.717, 1.165) is 77.5 Å². The zero-order valence-corrected chi connectivity index (χ0v) is 37.3. The molecule has 1 aliphatic rings.